The van der Waals surface area contributed by atoms with E-state index in [0.29, 0.717) is 35.6 Å². The number of benzene rings is 2. The molecule has 0 fully saturated rings. The van der Waals surface area contributed by atoms with Crippen molar-refractivity contribution in [2.24, 2.45) is 5.10 Å². The van der Waals surface area contributed by atoms with E-state index < -0.39 is 0 Å². The fourth-order valence-corrected chi connectivity index (χ4v) is 3.06. The van der Waals surface area contributed by atoms with E-state index in [1.165, 1.54) is 22.0 Å². The molecular weight excluding hydrogens is 400 g/mol. The second-order valence-corrected chi connectivity index (χ2v) is 7.32. The maximum absolute atomic E-state index is 12.3. The van der Waals surface area contributed by atoms with Gasteiger partial charge in [0.25, 0.3) is 5.56 Å². The number of ether oxygens (including phenoxy) is 2. The van der Waals surface area contributed by atoms with E-state index in [0.717, 1.165) is 11.1 Å². The monoisotopic (exact) mass is 424 g/mol. The Balaban J connectivity index is 1.83. The van der Waals surface area contributed by atoms with E-state index in [4.69, 9.17) is 9.47 Å². The molecule has 0 bridgehead atoms. The number of thioether (sulfide) groups is 1. The molecule has 7 nitrogen and oxygen atoms in total. The number of hydrogen-bond donors (Lipinski definition) is 0. The van der Waals surface area contributed by atoms with Gasteiger partial charge in [-0.2, -0.15) is 9.78 Å². The predicted octanol–water partition coefficient (Wildman–Crippen LogP) is 3.84. The molecule has 0 atom stereocenters. The van der Waals surface area contributed by atoms with Gasteiger partial charge < -0.3 is 9.47 Å². The van der Waals surface area contributed by atoms with Crippen LogP contribution in [0.5, 0.6) is 11.5 Å². The van der Waals surface area contributed by atoms with Gasteiger partial charge in [0.15, 0.2) is 11.5 Å². The molecule has 0 radical (unpaired) electrons. The van der Waals surface area contributed by atoms with Gasteiger partial charge in [-0.3, -0.25) is 4.79 Å². The Morgan fingerprint density at radius 2 is 1.83 bits per heavy atom. The second-order valence-electron chi connectivity index (χ2n) is 6.55. The molecule has 1 heterocycles. The SMILES string of the molecule is CCOc1cc(/C=N\n2c(SC)nnc(C)c2=O)ccc1OCc1ccc(C)cc1. The Labute approximate surface area is 179 Å². The molecule has 8 heteroatoms. The first kappa shape index (κ1) is 21.6. The molecule has 0 aliphatic rings. The summed E-state index contributed by atoms with van der Waals surface area (Å²) in [6.07, 6.45) is 3.41. The molecule has 0 amide bonds. The van der Waals surface area contributed by atoms with Gasteiger partial charge >= 0.3 is 0 Å². The predicted molar refractivity (Wildman–Crippen MR) is 119 cm³/mol. The van der Waals surface area contributed by atoms with Crippen LogP contribution in [-0.2, 0) is 6.61 Å². The van der Waals surface area contributed by atoms with Crippen molar-refractivity contribution in [2.75, 3.05) is 12.9 Å². The maximum atomic E-state index is 12.3. The minimum atomic E-state index is -0.298. The molecule has 0 unspecified atom stereocenters. The molecule has 0 aliphatic carbocycles. The normalized spacial score (nSPS) is 11.1. The third-order valence-electron chi connectivity index (χ3n) is 4.26. The average molecular weight is 425 g/mol. The van der Waals surface area contributed by atoms with Gasteiger partial charge in [0.05, 0.1) is 12.8 Å². The summed E-state index contributed by atoms with van der Waals surface area (Å²) < 4.78 is 12.9. The third-order valence-corrected chi connectivity index (χ3v) is 4.88. The van der Waals surface area contributed by atoms with Gasteiger partial charge in [-0.25, -0.2) is 0 Å². The van der Waals surface area contributed by atoms with Crippen LogP contribution in [-0.4, -0.2) is 34.0 Å². The van der Waals surface area contributed by atoms with Crippen molar-refractivity contribution in [2.45, 2.75) is 32.5 Å². The lowest BCUT2D eigenvalue weighted by Crippen LogP contribution is -2.23. The smallest absolute Gasteiger partial charge is 0.296 e. The lowest BCUT2D eigenvalue weighted by Gasteiger charge is -2.13. The van der Waals surface area contributed by atoms with Crippen molar-refractivity contribution in [3.05, 3.63) is 75.2 Å². The van der Waals surface area contributed by atoms with Crippen molar-refractivity contribution in [3.63, 3.8) is 0 Å². The topological polar surface area (TPSA) is 78.6 Å². The lowest BCUT2D eigenvalue weighted by molar-refractivity contribution is 0.269. The summed E-state index contributed by atoms with van der Waals surface area (Å²) in [6, 6.07) is 13.7. The zero-order chi connectivity index (χ0) is 21.5. The number of aryl methyl sites for hydroxylation is 2. The standard InChI is InChI=1S/C22H24N4O3S/c1-5-28-20-12-18(13-23-26-21(27)16(3)24-25-22(26)30-4)10-11-19(20)29-14-17-8-6-15(2)7-9-17/h6-13H,5,14H2,1-4H3/b23-13-. The molecule has 30 heavy (non-hydrogen) atoms. The third kappa shape index (κ3) is 5.27. The van der Waals surface area contributed by atoms with Crippen molar-refractivity contribution < 1.29 is 9.47 Å². The van der Waals surface area contributed by atoms with Crippen LogP contribution in [0.25, 0.3) is 0 Å². The fourth-order valence-electron chi connectivity index (χ4n) is 2.63. The minimum Gasteiger partial charge on any atom is -0.490 e. The molecule has 156 valence electrons. The van der Waals surface area contributed by atoms with Gasteiger partial charge in [-0.05, 0) is 56.4 Å². The summed E-state index contributed by atoms with van der Waals surface area (Å²) in [4.78, 5) is 12.3. The van der Waals surface area contributed by atoms with Crippen LogP contribution in [0, 0.1) is 13.8 Å². The van der Waals surface area contributed by atoms with Crippen LogP contribution in [0.15, 0.2) is 57.5 Å². The summed E-state index contributed by atoms with van der Waals surface area (Å²) in [5, 5.41) is 12.6. The van der Waals surface area contributed by atoms with Crippen LogP contribution in [0.4, 0.5) is 0 Å². The summed E-state index contributed by atoms with van der Waals surface area (Å²) in [6.45, 7) is 6.53. The average Bonchev–Trinajstić information content (AvgIpc) is 2.75. The van der Waals surface area contributed by atoms with Gasteiger partial charge in [-0.1, -0.05) is 41.6 Å². The fraction of sp³-hybridized carbons (Fsp3) is 0.273. The Bertz CT molecular complexity index is 1090. The van der Waals surface area contributed by atoms with E-state index in [1.54, 1.807) is 13.1 Å². The van der Waals surface area contributed by atoms with E-state index in [-0.39, 0.29) is 5.56 Å². The van der Waals surface area contributed by atoms with Crippen molar-refractivity contribution >= 4 is 18.0 Å². The highest BCUT2D eigenvalue weighted by Crippen LogP contribution is 2.29. The summed E-state index contributed by atoms with van der Waals surface area (Å²) in [5.41, 5.74) is 3.06. The molecule has 2 aromatic carbocycles. The lowest BCUT2D eigenvalue weighted by atomic mass is 10.2. The quantitative estimate of drug-likeness (QED) is 0.404. The van der Waals surface area contributed by atoms with Crippen LogP contribution in [0.2, 0.25) is 0 Å². The zero-order valence-corrected chi connectivity index (χ0v) is 18.3. The van der Waals surface area contributed by atoms with E-state index in [9.17, 15) is 4.79 Å². The molecule has 0 aliphatic heterocycles. The second kappa shape index (κ2) is 10.1. The number of nitrogens with zero attached hydrogens (tertiary/aromatic N) is 4. The molecule has 0 N–H and O–H groups in total. The Hall–Kier alpha value is -3.13. The summed E-state index contributed by atoms with van der Waals surface area (Å²) >= 11 is 1.30. The first-order valence-electron chi connectivity index (χ1n) is 9.51. The Morgan fingerprint density at radius 1 is 1.07 bits per heavy atom. The molecule has 1 aromatic heterocycles. The van der Waals surface area contributed by atoms with Crippen molar-refractivity contribution in [3.8, 4) is 11.5 Å². The molecule has 0 spiro atoms. The van der Waals surface area contributed by atoms with E-state index in [2.05, 4.69) is 34.4 Å². The summed E-state index contributed by atoms with van der Waals surface area (Å²) in [5.74, 6) is 1.27. The minimum absolute atomic E-state index is 0.291. The molecule has 0 saturated carbocycles. The molecule has 0 saturated heterocycles. The Kier molecular flexibility index (Phi) is 7.24. The van der Waals surface area contributed by atoms with Crippen LogP contribution >= 0.6 is 11.8 Å². The van der Waals surface area contributed by atoms with Crippen molar-refractivity contribution in [1.82, 2.24) is 14.9 Å². The molecule has 3 aromatic rings. The largest absolute Gasteiger partial charge is 0.490 e. The van der Waals surface area contributed by atoms with Gasteiger partial charge in [0.1, 0.15) is 12.3 Å². The first-order valence-corrected chi connectivity index (χ1v) is 10.7. The van der Waals surface area contributed by atoms with Crippen molar-refractivity contribution in [1.29, 1.82) is 0 Å². The first-order chi connectivity index (χ1) is 14.5. The van der Waals surface area contributed by atoms with E-state index >= 15 is 0 Å². The Morgan fingerprint density at radius 3 is 2.53 bits per heavy atom. The highest BCUT2D eigenvalue weighted by molar-refractivity contribution is 7.98. The van der Waals surface area contributed by atoms with Gasteiger partial charge in [0.2, 0.25) is 5.16 Å². The van der Waals surface area contributed by atoms with Gasteiger partial charge in [-0.15, -0.1) is 10.2 Å². The molecule has 3 rings (SSSR count). The maximum Gasteiger partial charge on any atom is 0.296 e. The van der Waals surface area contributed by atoms with Crippen LogP contribution < -0.4 is 15.0 Å². The van der Waals surface area contributed by atoms with Gasteiger partial charge in [0, 0.05) is 0 Å². The molecular formula is C22H24N4O3S. The number of hydrogen-bond acceptors (Lipinski definition) is 7. The van der Waals surface area contributed by atoms with Crippen LogP contribution in [0.3, 0.4) is 0 Å². The summed E-state index contributed by atoms with van der Waals surface area (Å²) in [7, 11) is 0. The zero-order valence-electron chi connectivity index (χ0n) is 17.5. The van der Waals surface area contributed by atoms with Crippen LogP contribution in [0.1, 0.15) is 29.3 Å². The number of rotatable bonds is 8. The highest BCUT2D eigenvalue weighted by atomic mass is 32.2. The highest BCUT2D eigenvalue weighted by Gasteiger charge is 2.09. The van der Waals surface area contributed by atoms with E-state index in [1.807, 2.05) is 43.5 Å². The number of aromatic nitrogens is 3.